The maximum atomic E-state index is 13.1. The molecule has 2 fully saturated rings. The highest BCUT2D eigenvalue weighted by atomic mass is 16.7. The number of unbranched alkanes of at least 4 members (excludes halogenated alkanes) is 11. The number of anilines is 1. The molecule has 0 amide bonds. The second-order valence-corrected chi connectivity index (χ2v) is 13.8. The summed E-state index contributed by atoms with van der Waals surface area (Å²) in [5.41, 5.74) is 0.126. The number of carbonyl (C=O) groups is 4. The number of carbonyl (C=O) groups excluding carboxylic acids is 4. The van der Waals surface area contributed by atoms with Crippen LogP contribution in [-0.2, 0) is 54.0 Å². The number of rotatable bonds is 22. The average Bonchev–Trinajstić information content (AvgIpc) is 3.10. The number of nitrogens with zero attached hydrogens (tertiary/aromatic N) is 3. The Morgan fingerprint density at radius 2 is 1.30 bits per heavy atom. The number of ether oxygens (including phenoxy) is 6. The normalized spacial score (nSPS) is 21.7. The number of aromatic nitrogens is 2. The van der Waals surface area contributed by atoms with Gasteiger partial charge in [0, 0.05) is 52.5 Å². The highest BCUT2D eigenvalue weighted by Gasteiger charge is 2.53. The summed E-state index contributed by atoms with van der Waals surface area (Å²) in [4.78, 5) is 68.7. The van der Waals surface area contributed by atoms with Crippen molar-refractivity contribution in [1.29, 1.82) is 0 Å². The van der Waals surface area contributed by atoms with Crippen LogP contribution >= 0.6 is 0 Å². The molecule has 298 valence electrons. The molecular formula is C39H61N3O11. The van der Waals surface area contributed by atoms with Gasteiger partial charge in [-0.15, -0.1) is 0 Å². The summed E-state index contributed by atoms with van der Waals surface area (Å²) in [6.07, 6.45) is 13.6. The summed E-state index contributed by atoms with van der Waals surface area (Å²) >= 11 is 0. The molecule has 0 saturated carbocycles. The quantitative estimate of drug-likeness (QED) is 0.0631. The van der Waals surface area contributed by atoms with Gasteiger partial charge in [-0.1, -0.05) is 70.4 Å². The first kappa shape index (κ1) is 43.6. The standard InChI is InChI=1S/C39H61N3O11/c1-6-7-8-9-10-11-12-13-14-15-16-17-18-19-20-21-32-26-34(47)40-39(41-22-24-48-25-23-41)42(32)38-37(52-31(5)46)36(51-30(4)45)35(50-29(3)44)33(53-38)27-49-28(2)43/h13-14,26,33,35-38H,6-12,15-25,27H2,1-5H3/b14-13+/t33-,35-,36+,37-,38-/m1/s1. The number of aryl methyl sites for hydroxylation is 1. The summed E-state index contributed by atoms with van der Waals surface area (Å²) in [5, 5.41) is 0. The van der Waals surface area contributed by atoms with Crippen molar-refractivity contribution in [2.45, 2.75) is 155 Å². The van der Waals surface area contributed by atoms with E-state index in [1.807, 2.05) is 4.90 Å². The molecule has 2 aliphatic heterocycles. The molecule has 0 aromatic carbocycles. The molecule has 0 aliphatic carbocycles. The van der Waals surface area contributed by atoms with Crippen LogP contribution in [0.5, 0.6) is 0 Å². The van der Waals surface area contributed by atoms with E-state index in [9.17, 15) is 24.0 Å². The SMILES string of the molecule is CCCCCCCC/C=C/CCCCCCCc1cc(=O)nc(N2CCOCC2)n1[C@@H]1O[C@H](COC(C)=O)[C@@H](OC(C)=O)[C@H](OC(C)=O)[C@H]1OC(C)=O. The molecule has 3 heterocycles. The van der Waals surface area contributed by atoms with E-state index in [1.165, 1.54) is 72.3 Å². The van der Waals surface area contributed by atoms with Crippen LogP contribution < -0.4 is 10.5 Å². The Hall–Kier alpha value is -3.78. The monoisotopic (exact) mass is 747 g/mol. The molecule has 2 aliphatic rings. The van der Waals surface area contributed by atoms with E-state index < -0.39 is 60.1 Å². The predicted molar refractivity (Wildman–Crippen MR) is 197 cm³/mol. The Labute approximate surface area is 313 Å². The first-order valence-corrected chi connectivity index (χ1v) is 19.4. The second-order valence-electron chi connectivity index (χ2n) is 13.8. The van der Waals surface area contributed by atoms with E-state index in [-0.39, 0.29) is 12.6 Å². The van der Waals surface area contributed by atoms with Crippen molar-refractivity contribution in [3.8, 4) is 0 Å². The Bertz CT molecular complexity index is 1390. The summed E-state index contributed by atoms with van der Waals surface area (Å²) in [7, 11) is 0. The van der Waals surface area contributed by atoms with E-state index in [4.69, 9.17) is 28.4 Å². The van der Waals surface area contributed by atoms with Crippen LogP contribution in [0.3, 0.4) is 0 Å². The molecule has 1 aromatic heterocycles. The van der Waals surface area contributed by atoms with Gasteiger partial charge in [0.2, 0.25) is 5.95 Å². The number of hydrogen-bond donors (Lipinski definition) is 0. The molecule has 0 bridgehead atoms. The van der Waals surface area contributed by atoms with E-state index in [1.54, 1.807) is 4.57 Å². The zero-order valence-corrected chi connectivity index (χ0v) is 32.4. The van der Waals surface area contributed by atoms with Crippen LogP contribution in [0, 0.1) is 0 Å². The van der Waals surface area contributed by atoms with Crippen molar-refractivity contribution in [2.24, 2.45) is 0 Å². The Morgan fingerprint density at radius 3 is 1.89 bits per heavy atom. The first-order valence-electron chi connectivity index (χ1n) is 19.4. The molecule has 0 spiro atoms. The predicted octanol–water partition coefficient (Wildman–Crippen LogP) is 5.53. The van der Waals surface area contributed by atoms with Crippen LogP contribution in [-0.4, -0.2) is 90.8 Å². The van der Waals surface area contributed by atoms with Crippen LogP contribution in [0.2, 0.25) is 0 Å². The van der Waals surface area contributed by atoms with Gasteiger partial charge in [-0.3, -0.25) is 28.5 Å². The molecule has 0 unspecified atom stereocenters. The molecular weight excluding hydrogens is 686 g/mol. The lowest BCUT2D eigenvalue weighted by Crippen LogP contribution is -2.61. The van der Waals surface area contributed by atoms with Crippen LogP contribution in [0.1, 0.15) is 130 Å². The summed E-state index contributed by atoms with van der Waals surface area (Å²) in [6.45, 7) is 8.30. The fraction of sp³-hybridized carbons (Fsp3) is 0.744. The average molecular weight is 748 g/mol. The minimum absolute atomic E-state index is 0.268. The topological polar surface area (TPSA) is 162 Å². The van der Waals surface area contributed by atoms with Gasteiger partial charge in [0.1, 0.15) is 12.7 Å². The largest absolute Gasteiger partial charge is 0.463 e. The molecule has 14 nitrogen and oxygen atoms in total. The van der Waals surface area contributed by atoms with Crippen molar-refractivity contribution >= 4 is 29.8 Å². The lowest BCUT2D eigenvalue weighted by Gasteiger charge is -2.46. The Balaban J connectivity index is 1.85. The van der Waals surface area contributed by atoms with Gasteiger partial charge >= 0.3 is 23.9 Å². The third kappa shape index (κ3) is 15.2. The third-order valence-corrected chi connectivity index (χ3v) is 9.23. The first-order chi connectivity index (χ1) is 25.5. The zero-order chi connectivity index (χ0) is 38.6. The second kappa shape index (κ2) is 23.8. The number of morpholine rings is 1. The fourth-order valence-electron chi connectivity index (χ4n) is 6.77. The van der Waals surface area contributed by atoms with Gasteiger partial charge in [0.05, 0.1) is 13.2 Å². The summed E-state index contributed by atoms with van der Waals surface area (Å²) in [6, 6.07) is 1.44. The molecule has 0 radical (unpaired) electrons. The van der Waals surface area contributed by atoms with Gasteiger partial charge in [-0.25, -0.2) is 0 Å². The van der Waals surface area contributed by atoms with Crippen LogP contribution in [0.15, 0.2) is 23.0 Å². The van der Waals surface area contributed by atoms with Gasteiger partial charge in [-0.05, 0) is 38.5 Å². The Morgan fingerprint density at radius 1 is 0.755 bits per heavy atom. The minimum atomic E-state index is -1.36. The van der Waals surface area contributed by atoms with Crippen molar-refractivity contribution in [1.82, 2.24) is 9.55 Å². The maximum absolute atomic E-state index is 13.1. The number of hydrogen-bond acceptors (Lipinski definition) is 13. The highest BCUT2D eigenvalue weighted by Crippen LogP contribution is 2.37. The molecule has 53 heavy (non-hydrogen) atoms. The highest BCUT2D eigenvalue weighted by molar-refractivity contribution is 5.68. The van der Waals surface area contributed by atoms with Crippen molar-refractivity contribution in [3.63, 3.8) is 0 Å². The number of esters is 4. The van der Waals surface area contributed by atoms with E-state index in [0.29, 0.717) is 38.4 Å². The lowest BCUT2D eigenvalue weighted by atomic mass is 9.96. The molecule has 3 rings (SSSR count). The third-order valence-electron chi connectivity index (χ3n) is 9.23. The van der Waals surface area contributed by atoms with Crippen LogP contribution in [0.4, 0.5) is 5.95 Å². The van der Waals surface area contributed by atoms with E-state index in [0.717, 1.165) is 44.9 Å². The van der Waals surface area contributed by atoms with Gasteiger partial charge in [-0.2, -0.15) is 4.98 Å². The maximum Gasteiger partial charge on any atom is 0.303 e. The van der Waals surface area contributed by atoms with Gasteiger partial charge < -0.3 is 33.3 Å². The lowest BCUT2D eigenvalue weighted by molar-refractivity contribution is -0.268. The van der Waals surface area contributed by atoms with Crippen LogP contribution in [0.25, 0.3) is 0 Å². The molecule has 1 aromatic rings. The molecule has 2 saturated heterocycles. The van der Waals surface area contributed by atoms with Crippen molar-refractivity contribution in [2.75, 3.05) is 37.8 Å². The Kier molecular flexibility index (Phi) is 19.6. The molecule has 5 atom stereocenters. The summed E-state index contributed by atoms with van der Waals surface area (Å²) in [5.74, 6) is -2.49. The zero-order valence-electron chi connectivity index (χ0n) is 32.4. The van der Waals surface area contributed by atoms with E-state index >= 15 is 0 Å². The molecule has 0 N–H and O–H groups in total. The number of allylic oxidation sites excluding steroid dienone is 2. The van der Waals surface area contributed by atoms with Crippen molar-refractivity contribution in [3.05, 3.63) is 34.3 Å². The van der Waals surface area contributed by atoms with Gasteiger partial charge in [0.15, 0.2) is 24.5 Å². The smallest absolute Gasteiger partial charge is 0.303 e. The summed E-state index contributed by atoms with van der Waals surface area (Å²) < 4.78 is 36.2. The minimum Gasteiger partial charge on any atom is -0.463 e. The van der Waals surface area contributed by atoms with E-state index in [2.05, 4.69) is 24.1 Å². The fourth-order valence-corrected chi connectivity index (χ4v) is 6.77. The van der Waals surface area contributed by atoms with Crippen molar-refractivity contribution < 1.29 is 47.6 Å². The van der Waals surface area contributed by atoms with Gasteiger partial charge in [0.25, 0.3) is 5.56 Å². The molecule has 14 heteroatoms.